The zero-order valence-corrected chi connectivity index (χ0v) is 19.4. The Labute approximate surface area is 192 Å². The second kappa shape index (κ2) is 8.36. The average molecular weight is 446 g/mol. The fourth-order valence-corrected chi connectivity index (χ4v) is 5.44. The molecule has 0 bridgehead atoms. The van der Waals surface area contributed by atoms with Gasteiger partial charge in [-0.05, 0) is 29.5 Å². The Balaban J connectivity index is 1.71. The number of para-hydroxylation sites is 2. The third kappa shape index (κ3) is 3.60. The van der Waals surface area contributed by atoms with Crippen LogP contribution in [0.4, 0.5) is 5.69 Å². The van der Waals surface area contributed by atoms with Crippen LogP contribution in [0.3, 0.4) is 0 Å². The van der Waals surface area contributed by atoms with Gasteiger partial charge in [0.05, 0.1) is 5.70 Å². The third-order valence-electron chi connectivity index (χ3n) is 5.74. The molecule has 0 radical (unpaired) electrons. The minimum atomic E-state index is 0.879. The van der Waals surface area contributed by atoms with Crippen LogP contribution in [-0.4, -0.2) is 22.4 Å². The number of benzene rings is 2. The first-order valence-electron chi connectivity index (χ1n) is 10.4. The normalized spacial score (nSPS) is 14.9. The number of imidazole rings is 1. The Bertz CT molecular complexity index is 1310. The number of thiazole rings is 1. The second-order valence-corrected chi connectivity index (χ2v) is 9.21. The van der Waals surface area contributed by atoms with Gasteiger partial charge in [-0.1, -0.05) is 41.7 Å². The second-order valence-electron chi connectivity index (χ2n) is 7.70. The molecule has 0 amide bonds. The molecule has 5 rings (SSSR count). The van der Waals surface area contributed by atoms with Gasteiger partial charge in [-0.3, -0.25) is 0 Å². The summed E-state index contributed by atoms with van der Waals surface area (Å²) in [6, 6.07) is 17.2. The predicted molar refractivity (Wildman–Crippen MR) is 134 cm³/mol. The lowest BCUT2D eigenvalue weighted by Crippen LogP contribution is -2.35. The van der Waals surface area contributed by atoms with E-state index < -0.39 is 0 Å². The van der Waals surface area contributed by atoms with Gasteiger partial charge in [0, 0.05) is 56.3 Å². The maximum Gasteiger partial charge on any atom is 0.263 e. The molecule has 156 valence electrons. The first kappa shape index (κ1) is 20.1. The van der Waals surface area contributed by atoms with Gasteiger partial charge < -0.3 is 9.47 Å². The van der Waals surface area contributed by atoms with Crippen molar-refractivity contribution in [2.45, 2.75) is 13.0 Å². The van der Waals surface area contributed by atoms with Gasteiger partial charge in [-0.2, -0.15) is 17.2 Å². The lowest BCUT2D eigenvalue weighted by atomic mass is 9.97. The number of rotatable bonds is 5. The Morgan fingerprint density at radius 2 is 1.90 bits per heavy atom. The molecule has 0 aliphatic carbocycles. The number of allylic oxidation sites excluding steroid dienone is 2. The van der Waals surface area contributed by atoms with E-state index in [1.54, 1.807) is 0 Å². The number of thiol groups is 1. The Kier molecular flexibility index (Phi) is 5.42. The minimum Gasteiger partial charge on any atom is -0.341 e. The van der Waals surface area contributed by atoms with E-state index >= 15 is 0 Å². The van der Waals surface area contributed by atoms with Crippen LogP contribution in [-0.2, 0) is 13.6 Å². The number of fused-ring (bicyclic) bond motifs is 2. The summed E-state index contributed by atoms with van der Waals surface area (Å²) in [5, 5.41) is 1.26. The van der Waals surface area contributed by atoms with E-state index in [4.69, 9.17) is 0 Å². The van der Waals surface area contributed by atoms with Crippen LogP contribution in [0.25, 0.3) is 27.6 Å². The maximum absolute atomic E-state index is 4.61. The molecule has 4 nitrogen and oxygen atoms in total. The van der Waals surface area contributed by atoms with E-state index in [1.807, 2.05) is 30.8 Å². The molecule has 3 heterocycles. The molecule has 0 atom stereocenters. The van der Waals surface area contributed by atoms with Gasteiger partial charge in [0.25, 0.3) is 5.01 Å². The van der Waals surface area contributed by atoms with Gasteiger partial charge in [0.2, 0.25) is 5.52 Å². The molecule has 4 aromatic rings. The van der Waals surface area contributed by atoms with Crippen LogP contribution in [0, 0.1) is 0 Å². The standard InChI is InChI=1S/C25H24N4S2/c1-27-14-12-26-25(27)22-16-18(19-8-3-4-9-20(19)28(22)2)17-24-29(13-7-15-30)21-10-5-6-11-23(21)31-24/h3-6,8-12,14,16-17H,7,13,15H2,1-2H3/p+1. The van der Waals surface area contributed by atoms with Gasteiger partial charge >= 0.3 is 0 Å². The van der Waals surface area contributed by atoms with Crippen molar-refractivity contribution in [3.05, 3.63) is 83.4 Å². The van der Waals surface area contributed by atoms with E-state index in [-0.39, 0.29) is 0 Å². The number of nitrogens with zero attached hydrogens (tertiary/aromatic N) is 4. The highest BCUT2D eigenvalue weighted by molar-refractivity contribution is 7.80. The highest BCUT2D eigenvalue weighted by Gasteiger charge is 2.25. The summed E-state index contributed by atoms with van der Waals surface area (Å²) < 4.78 is 5.81. The zero-order valence-electron chi connectivity index (χ0n) is 17.7. The first-order chi connectivity index (χ1) is 15.2. The molecule has 1 aliphatic heterocycles. The molecule has 0 saturated carbocycles. The van der Waals surface area contributed by atoms with Crippen LogP contribution in [0.2, 0.25) is 0 Å². The quantitative estimate of drug-likeness (QED) is 0.334. The lowest BCUT2D eigenvalue weighted by molar-refractivity contribution is -0.668. The highest BCUT2D eigenvalue weighted by atomic mass is 32.1. The Hall–Kier alpha value is -2.83. The lowest BCUT2D eigenvalue weighted by Gasteiger charge is -2.29. The van der Waals surface area contributed by atoms with Crippen molar-refractivity contribution in [2.75, 3.05) is 17.7 Å². The van der Waals surface area contributed by atoms with Crippen LogP contribution in [0.5, 0.6) is 0 Å². The highest BCUT2D eigenvalue weighted by Crippen LogP contribution is 2.39. The molecule has 31 heavy (non-hydrogen) atoms. The van der Waals surface area contributed by atoms with E-state index in [0.29, 0.717) is 0 Å². The van der Waals surface area contributed by atoms with Crippen molar-refractivity contribution in [1.29, 1.82) is 0 Å². The Morgan fingerprint density at radius 1 is 1.10 bits per heavy atom. The summed E-state index contributed by atoms with van der Waals surface area (Å²) in [5.74, 6) is 1.84. The SMILES string of the molecule is CN1C(c2nccn2C)=C/C(=C\c2sc3ccccc3[n+]2CCCS)c2ccccc21. The summed E-state index contributed by atoms with van der Waals surface area (Å²) >= 11 is 6.29. The molecule has 0 N–H and O–H groups in total. The van der Waals surface area contributed by atoms with Crippen molar-refractivity contribution in [2.24, 2.45) is 7.05 Å². The minimum absolute atomic E-state index is 0.879. The molecule has 0 saturated heterocycles. The Morgan fingerprint density at radius 3 is 2.71 bits per heavy atom. The molecule has 0 spiro atoms. The van der Waals surface area contributed by atoms with E-state index in [9.17, 15) is 0 Å². The molecule has 0 fully saturated rings. The van der Waals surface area contributed by atoms with Crippen molar-refractivity contribution in [3.63, 3.8) is 0 Å². The van der Waals surface area contributed by atoms with Crippen molar-refractivity contribution < 1.29 is 4.57 Å². The predicted octanol–water partition coefficient (Wildman–Crippen LogP) is 5.27. The van der Waals surface area contributed by atoms with E-state index in [1.165, 1.54) is 32.0 Å². The number of aromatic nitrogens is 3. The molecular formula is C25H25N4S2+. The number of aryl methyl sites for hydroxylation is 2. The molecule has 2 aromatic carbocycles. The molecular weight excluding hydrogens is 420 g/mol. The fraction of sp³-hybridized carbons (Fsp3) is 0.200. The van der Waals surface area contributed by atoms with Crippen molar-refractivity contribution in [3.8, 4) is 0 Å². The van der Waals surface area contributed by atoms with Crippen LogP contribution >= 0.6 is 24.0 Å². The summed E-state index contributed by atoms with van der Waals surface area (Å²) in [4.78, 5) is 6.84. The van der Waals surface area contributed by atoms with E-state index in [2.05, 4.69) is 99.4 Å². The van der Waals surface area contributed by atoms with Gasteiger partial charge in [-0.15, -0.1) is 0 Å². The zero-order chi connectivity index (χ0) is 21.4. The topological polar surface area (TPSA) is 24.9 Å². The number of hydrogen-bond donors (Lipinski definition) is 1. The van der Waals surface area contributed by atoms with Crippen LogP contribution in [0.15, 0.2) is 67.0 Å². The molecule has 0 unspecified atom stereocenters. The maximum atomic E-state index is 4.61. The summed E-state index contributed by atoms with van der Waals surface area (Å²) in [7, 11) is 4.15. The third-order valence-corrected chi connectivity index (χ3v) is 7.16. The summed E-state index contributed by atoms with van der Waals surface area (Å²) in [5.41, 5.74) is 6.02. The number of anilines is 1. The van der Waals surface area contributed by atoms with Gasteiger partial charge in [0.1, 0.15) is 4.70 Å². The first-order valence-corrected chi connectivity index (χ1v) is 11.9. The monoisotopic (exact) mass is 445 g/mol. The number of hydrogen-bond acceptors (Lipinski definition) is 4. The van der Waals surface area contributed by atoms with Crippen LogP contribution in [0.1, 0.15) is 22.8 Å². The summed E-state index contributed by atoms with van der Waals surface area (Å²) in [6.45, 7) is 0.962. The van der Waals surface area contributed by atoms with E-state index in [0.717, 1.165) is 30.2 Å². The van der Waals surface area contributed by atoms with Gasteiger partial charge in [0.15, 0.2) is 12.4 Å². The van der Waals surface area contributed by atoms with Crippen LogP contribution < -0.4 is 9.47 Å². The average Bonchev–Trinajstić information content (AvgIpc) is 3.37. The molecule has 6 heteroatoms. The van der Waals surface area contributed by atoms with Crippen molar-refractivity contribution in [1.82, 2.24) is 9.55 Å². The molecule has 2 aromatic heterocycles. The fourth-order valence-electron chi connectivity index (χ4n) is 4.16. The summed E-state index contributed by atoms with van der Waals surface area (Å²) in [6.07, 6.45) is 9.48. The van der Waals surface area contributed by atoms with Gasteiger partial charge in [-0.25, -0.2) is 4.98 Å². The van der Waals surface area contributed by atoms with Crippen molar-refractivity contribution >= 4 is 57.2 Å². The molecule has 1 aliphatic rings. The smallest absolute Gasteiger partial charge is 0.263 e. The largest absolute Gasteiger partial charge is 0.341 e.